The van der Waals surface area contributed by atoms with Crippen molar-refractivity contribution in [1.29, 1.82) is 0 Å². The highest BCUT2D eigenvalue weighted by molar-refractivity contribution is 6.04. The molecule has 4 atom stereocenters. The molecule has 1 aromatic heterocycles. The zero-order valence-corrected chi connectivity index (χ0v) is 30.6. The normalized spacial score (nSPS) is 17.8. The Kier molecular flexibility index (Phi) is 13.6. The molecule has 4 rings (SSSR count). The minimum absolute atomic E-state index is 0.0546. The molecule has 7 amide bonds. The van der Waals surface area contributed by atoms with Crippen molar-refractivity contribution in [2.24, 2.45) is 11.8 Å². The van der Waals surface area contributed by atoms with E-state index in [0.29, 0.717) is 50.1 Å². The molecule has 2 aliphatic rings. The molecule has 2 aromatic rings. The number of nitrogens with zero attached hydrogens (tertiary/aromatic N) is 4. The average Bonchev–Trinajstić information content (AvgIpc) is 3.84. The van der Waals surface area contributed by atoms with Crippen molar-refractivity contribution < 1.29 is 43.0 Å². The maximum Gasteiger partial charge on any atom is 0.407 e. The van der Waals surface area contributed by atoms with Gasteiger partial charge in [-0.3, -0.25) is 29.3 Å². The number of carbonyl (C=O) groups excluding carboxylic acids is 7. The number of likely N-dealkylation sites (tertiary alicyclic amines) is 2. The number of benzene rings is 1. The van der Waals surface area contributed by atoms with Crippen LogP contribution in [-0.4, -0.2) is 113 Å². The quantitative estimate of drug-likeness (QED) is 0.212. The number of hydrogen-bond donors (Lipinski definition) is 5. The number of ether oxygens (including phenoxy) is 2. The van der Waals surface area contributed by atoms with E-state index in [0.717, 1.165) is 0 Å². The van der Waals surface area contributed by atoms with Crippen molar-refractivity contribution in [2.45, 2.75) is 77.5 Å². The van der Waals surface area contributed by atoms with Crippen LogP contribution in [0.4, 0.5) is 26.9 Å². The highest BCUT2D eigenvalue weighted by Gasteiger charge is 2.40. The van der Waals surface area contributed by atoms with Gasteiger partial charge in [0.15, 0.2) is 0 Å². The lowest BCUT2D eigenvalue weighted by atomic mass is 10.0. The van der Waals surface area contributed by atoms with Crippen molar-refractivity contribution in [3.63, 3.8) is 0 Å². The summed E-state index contributed by atoms with van der Waals surface area (Å²) in [5.41, 5.74) is 0.981. The van der Waals surface area contributed by atoms with Crippen LogP contribution in [0.2, 0.25) is 0 Å². The van der Waals surface area contributed by atoms with Gasteiger partial charge in [0.25, 0.3) is 5.91 Å². The zero-order valence-electron chi connectivity index (χ0n) is 30.6. The van der Waals surface area contributed by atoms with Crippen molar-refractivity contribution >= 4 is 59.0 Å². The number of rotatable bonds is 12. The van der Waals surface area contributed by atoms with E-state index in [-0.39, 0.29) is 35.2 Å². The standard InChI is InChI=1S/C35H47N9O9/c1-19(2)26(40-34(50)52-5)31(48)43-15-7-9-24(43)29(46)39-23-13-11-22(12-14-23)38-28(45)21-17-36-33(37-18-21)42-30(47)25-10-8-16-44(25)32(49)27(20(3)4)41-35(51)53-6/h11-14,17-20,24-27H,7-10,15-16H2,1-6H3,(H,38,45)(H,39,46)(H,40,50)(H,41,51)(H,36,37,42,47)/t24-,25-,26-,27-/m0/s1. The van der Waals surface area contributed by atoms with Crippen LogP contribution >= 0.6 is 0 Å². The predicted octanol–water partition coefficient (Wildman–Crippen LogP) is 2.35. The van der Waals surface area contributed by atoms with E-state index < -0.39 is 54.1 Å². The summed E-state index contributed by atoms with van der Waals surface area (Å²) in [6.07, 6.45) is 3.13. The van der Waals surface area contributed by atoms with Gasteiger partial charge >= 0.3 is 12.2 Å². The molecule has 3 heterocycles. The summed E-state index contributed by atoms with van der Waals surface area (Å²) in [5, 5.41) is 13.2. The smallest absolute Gasteiger partial charge is 0.407 e. The molecule has 5 N–H and O–H groups in total. The highest BCUT2D eigenvalue weighted by atomic mass is 16.5. The van der Waals surface area contributed by atoms with Crippen LogP contribution < -0.4 is 26.6 Å². The summed E-state index contributed by atoms with van der Waals surface area (Å²) in [4.78, 5) is 100. The number of hydrogen-bond acceptors (Lipinski definition) is 11. The van der Waals surface area contributed by atoms with E-state index in [1.165, 1.54) is 36.4 Å². The Bertz CT molecular complexity index is 1670. The fraction of sp³-hybridized carbons (Fsp3) is 0.514. The second kappa shape index (κ2) is 18.1. The Morgan fingerprint density at radius 3 is 1.49 bits per heavy atom. The summed E-state index contributed by atoms with van der Waals surface area (Å²) < 4.78 is 9.29. The van der Waals surface area contributed by atoms with Gasteiger partial charge in [0.1, 0.15) is 24.2 Å². The molecule has 53 heavy (non-hydrogen) atoms. The summed E-state index contributed by atoms with van der Waals surface area (Å²) in [5.74, 6) is -2.69. The summed E-state index contributed by atoms with van der Waals surface area (Å²) in [7, 11) is 2.42. The molecule has 2 aliphatic heterocycles. The molecule has 0 spiro atoms. The van der Waals surface area contributed by atoms with Crippen LogP contribution in [-0.2, 0) is 28.7 Å². The third kappa shape index (κ3) is 10.2. The minimum atomic E-state index is -0.873. The SMILES string of the molecule is COC(=O)N[C@H](C(=O)N1CCC[C@H]1C(=O)Nc1ccc(NC(=O)c2cnc(NC(=O)[C@@H]3CCCN3C(=O)[C@@H](NC(=O)OC)C(C)C)nc2)cc1)C(C)C. The van der Waals surface area contributed by atoms with E-state index in [9.17, 15) is 33.6 Å². The molecule has 18 nitrogen and oxygen atoms in total. The Labute approximate surface area is 307 Å². The second-order valence-electron chi connectivity index (χ2n) is 13.4. The minimum Gasteiger partial charge on any atom is -0.453 e. The van der Waals surface area contributed by atoms with Gasteiger partial charge in [0, 0.05) is 36.9 Å². The van der Waals surface area contributed by atoms with Crippen molar-refractivity contribution in [2.75, 3.05) is 43.3 Å². The molecule has 18 heteroatoms. The van der Waals surface area contributed by atoms with E-state index in [4.69, 9.17) is 0 Å². The molecule has 0 aliphatic carbocycles. The molecular formula is C35H47N9O9. The van der Waals surface area contributed by atoms with Crippen molar-refractivity contribution in [1.82, 2.24) is 30.4 Å². The van der Waals surface area contributed by atoms with E-state index in [1.807, 2.05) is 0 Å². The largest absolute Gasteiger partial charge is 0.453 e. The summed E-state index contributed by atoms with van der Waals surface area (Å²) >= 11 is 0. The Hall–Kier alpha value is -5.81. The second-order valence-corrected chi connectivity index (χ2v) is 13.4. The molecule has 0 unspecified atom stereocenters. The van der Waals surface area contributed by atoms with E-state index in [1.54, 1.807) is 52.0 Å². The van der Waals surface area contributed by atoms with Crippen LogP contribution in [0.1, 0.15) is 63.7 Å². The Morgan fingerprint density at radius 2 is 1.08 bits per heavy atom. The lowest BCUT2D eigenvalue weighted by Gasteiger charge is -2.30. The topological polar surface area (TPSA) is 230 Å². The van der Waals surface area contributed by atoms with Crippen LogP contribution in [0.3, 0.4) is 0 Å². The number of alkyl carbamates (subject to hydrolysis) is 2. The zero-order chi connectivity index (χ0) is 38.8. The first-order valence-electron chi connectivity index (χ1n) is 17.4. The number of nitrogens with one attached hydrogen (secondary N) is 5. The van der Waals surface area contributed by atoms with E-state index in [2.05, 4.69) is 46.0 Å². The van der Waals surface area contributed by atoms with Crippen LogP contribution in [0.25, 0.3) is 0 Å². The lowest BCUT2D eigenvalue weighted by molar-refractivity contribution is -0.139. The molecule has 2 fully saturated rings. The maximum atomic E-state index is 13.3. The maximum absolute atomic E-state index is 13.3. The van der Waals surface area contributed by atoms with Crippen molar-refractivity contribution in [3.8, 4) is 0 Å². The van der Waals surface area contributed by atoms with Gasteiger partial charge in [0.05, 0.1) is 19.8 Å². The molecule has 1 aromatic carbocycles. The van der Waals surface area contributed by atoms with Gasteiger partial charge in [0.2, 0.25) is 29.6 Å². The average molecular weight is 738 g/mol. The number of methoxy groups -OCH3 is 2. The third-order valence-electron chi connectivity index (χ3n) is 9.02. The fourth-order valence-corrected chi connectivity index (χ4v) is 6.13. The van der Waals surface area contributed by atoms with Gasteiger partial charge in [-0.15, -0.1) is 0 Å². The van der Waals surface area contributed by atoms with Gasteiger partial charge < -0.3 is 40.5 Å². The van der Waals surface area contributed by atoms with Crippen molar-refractivity contribution in [3.05, 3.63) is 42.2 Å². The van der Waals surface area contributed by atoms with Gasteiger partial charge in [-0.2, -0.15) is 0 Å². The third-order valence-corrected chi connectivity index (χ3v) is 9.02. The number of aromatic nitrogens is 2. The number of amides is 7. The first kappa shape index (κ1) is 40.0. The summed E-state index contributed by atoms with van der Waals surface area (Å²) in [6, 6.07) is 3.15. The van der Waals surface area contributed by atoms with Gasteiger partial charge in [-0.05, 0) is 61.8 Å². The molecule has 2 saturated heterocycles. The molecular weight excluding hydrogens is 690 g/mol. The van der Waals surface area contributed by atoms with Gasteiger partial charge in [-0.25, -0.2) is 19.6 Å². The first-order chi connectivity index (χ1) is 25.2. The lowest BCUT2D eigenvalue weighted by Crippen LogP contribution is -2.54. The Balaban J connectivity index is 1.31. The molecule has 0 saturated carbocycles. The summed E-state index contributed by atoms with van der Waals surface area (Å²) in [6.45, 7) is 7.86. The van der Waals surface area contributed by atoms with Crippen LogP contribution in [0, 0.1) is 11.8 Å². The van der Waals surface area contributed by atoms with Crippen LogP contribution in [0.15, 0.2) is 36.7 Å². The first-order valence-corrected chi connectivity index (χ1v) is 17.4. The van der Waals surface area contributed by atoms with Gasteiger partial charge in [-0.1, -0.05) is 27.7 Å². The number of anilines is 3. The fourth-order valence-electron chi connectivity index (χ4n) is 6.13. The molecule has 286 valence electrons. The monoisotopic (exact) mass is 737 g/mol. The predicted molar refractivity (Wildman–Crippen MR) is 191 cm³/mol. The molecule has 0 bridgehead atoms. The van der Waals surface area contributed by atoms with Crippen LogP contribution in [0.5, 0.6) is 0 Å². The highest BCUT2D eigenvalue weighted by Crippen LogP contribution is 2.24. The molecule has 0 radical (unpaired) electrons. The Morgan fingerprint density at radius 1 is 0.660 bits per heavy atom. The van der Waals surface area contributed by atoms with E-state index >= 15 is 0 Å². The number of carbonyl (C=O) groups is 7.